The van der Waals surface area contributed by atoms with Crippen molar-refractivity contribution in [2.75, 3.05) is 13.1 Å². The summed E-state index contributed by atoms with van der Waals surface area (Å²) >= 11 is 1.66. The number of likely N-dealkylation sites (N-methyl/N-ethyl adjacent to an activating group) is 1. The van der Waals surface area contributed by atoms with Crippen molar-refractivity contribution in [3.8, 4) is 23.6 Å². The number of hydrogen-bond acceptors (Lipinski definition) is 2. The fourth-order valence-electron chi connectivity index (χ4n) is 3.97. The maximum absolute atomic E-state index is 13.4. The van der Waals surface area contributed by atoms with Crippen molar-refractivity contribution in [1.29, 1.82) is 0 Å². The van der Waals surface area contributed by atoms with Crippen molar-refractivity contribution in [3.63, 3.8) is 0 Å². The van der Waals surface area contributed by atoms with E-state index in [1.807, 2.05) is 43.0 Å². The van der Waals surface area contributed by atoms with E-state index in [0.29, 0.717) is 19.6 Å². The van der Waals surface area contributed by atoms with Crippen LogP contribution in [0.5, 0.6) is 0 Å². The van der Waals surface area contributed by atoms with Crippen LogP contribution in [-0.2, 0) is 11.3 Å². The van der Waals surface area contributed by atoms with Gasteiger partial charge in [0.1, 0.15) is 5.25 Å². The summed E-state index contributed by atoms with van der Waals surface area (Å²) in [6.45, 7) is 5.98. The molecule has 1 aliphatic heterocycles. The summed E-state index contributed by atoms with van der Waals surface area (Å²) in [5.74, 6) is 2.96. The number of carbonyl (C=O) groups excluding carboxylic acids is 1. The minimum absolute atomic E-state index is 0.171. The quantitative estimate of drug-likeness (QED) is 0.603. The van der Waals surface area contributed by atoms with Gasteiger partial charge in [-0.25, -0.2) is 0 Å². The monoisotopic (exact) mass is 374 g/mol. The number of fused-ring (bicyclic) bond motifs is 5. The van der Waals surface area contributed by atoms with Crippen molar-refractivity contribution in [2.45, 2.75) is 30.5 Å². The molecule has 0 fully saturated rings. The lowest BCUT2D eigenvalue weighted by atomic mass is 10.0. The number of nitrogens with zero attached hydrogens (tertiary/aromatic N) is 2. The van der Waals surface area contributed by atoms with E-state index >= 15 is 0 Å². The normalized spacial score (nSPS) is 15.1. The van der Waals surface area contributed by atoms with Crippen LogP contribution in [0.15, 0.2) is 53.4 Å². The lowest BCUT2D eigenvalue weighted by Crippen LogP contribution is -2.34. The third kappa shape index (κ3) is 2.74. The molecule has 2 heterocycles. The molecule has 3 aromatic rings. The summed E-state index contributed by atoms with van der Waals surface area (Å²) in [7, 11) is 0. The Balaban J connectivity index is 2.04. The van der Waals surface area contributed by atoms with Gasteiger partial charge in [-0.05, 0) is 26.0 Å². The number of aromatic nitrogens is 1. The summed E-state index contributed by atoms with van der Waals surface area (Å²) in [6.07, 6.45) is 5.70. The van der Waals surface area contributed by atoms with Gasteiger partial charge >= 0.3 is 0 Å². The highest BCUT2D eigenvalue weighted by atomic mass is 32.2. The van der Waals surface area contributed by atoms with Crippen LogP contribution in [0.25, 0.3) is 22.2 Å². The molecule has 0 saturated carbocycles. The minimum Gasteiger partial charge on any atom is -0.342 e. The SMILES string of the molecule is C#CCn1c2c(c3ccccc31)C(C(=O)N(CC)CC)Sc1ccccc1-2. The molecule has 1 aromatic heterocycles. The summed E-state index contributed by atoms with van der Waals surface area (Å²) in [6, 6.07) is 16.6. The van der Waals surface area contributed by atoms with Crippen molar-refractivity contribution in [1.82, 2.24) is 9.47 Å². The molecule has 0 aliphatic carbocycles. The highest BCUT2D eigenvalue weighted by molar-refractivity contribution is 8.00. The summed E-state index contributed by atoms with van der Waals surface area (Å²) in [5.41, 5.74) is 4.44. The number of para-hydroxylation sites is 1. The largest absolute Gasteiger partial charge is 0.342 e. The predicted octanol–water partition coefficient (Wildman–Crippen LogP) is 4.96. The molecule has 4 rings (SSSR count). The predicted molar refractivity (Wildman–Crippen MR) is 113 cm³/mol. The second-order valence-electron chi connectivity index (χ2n) is 6.57. The number of rotatable bonds is 4. The molecule has 1 unspecified atom stereocenters. The van der Waals surface area contributed by atoms with E-state index in [0.717, 1.165) is 32.6 Å². The molecule has 1 atom stereocenters. The van der Waals surface area contributed by atoms with Crippen LogP contribution in [0.2, 0.25) is 0 Å². The molecular weight excluding hydrogens is 352 g/mol. The molecule has 0 radical (unpaired) electrons. The first-order valence-electron chi connectivity index (χ1n) is 9.30. The number of hydrogen-bond donors (Lipinski definition) is 0. The standard InChI is InChI=1S/C23H22N2OS/c1-4-15-25-18-13-9-7-11-16(18)20-21(25)17-12-8-10-14-19(17)27-22(20)23(26)24(5-2)6-3/h1,7-14,22H,5-6,15H2,2-3H3. The van der Waals surface area contributed by atoms with E-state index in [2.05, 4.69) is 34.8 Å². The molecule has 0 N–H and O–H groups in total. The Hall–Kier alpha value is -2.64. The number of carbonyl (C=O) groups is 1. The first-order valence-corrected chi connectivity index (χ1v) is 10.2. The zero-order valence-electron chi connectivity index (χ0n) is 15.6. The van der Waals surface area contributed by atoms with E-state index in [1.54, 1.807) is 11.8 Å². The maximum Gasteiger partial charge on any atom is 0.240 e. The molecule has 2 aromatic carbocycles. The number of amides is 1. The van der Waals surface area contributed by atoms with Crippen LogP contribution in [0.1, 0.15) is 24.7 Å². The van der Waals surface area contributed by atoms with Crippen molar-refractivity contribution in [2.24, 2.45) is 0 Å². The lowest BCUT2D eigenvalue weighted by Gasteiger charge is -2.29. The van der Waals surface area contributed by atoms with Gasteiger partial charge in [0, 0.05) is 40.0 Å². The van der Waals surface area contributed by atoms with Crippen LogP contribution in [-0.4, -0.2) is 28.5 Å². The summed E-state index contributed by atoms with van der Waals surface area (Å²) in [4.78, 5) is 16.5. The van der Waals surface area contributed by atoms with Gasteiger partial charge in [-0.3, -0.25) is 4.79 Å². The first-order chi connectivity index (χ1) is 13.2. The third-order valence-electron chi connectivity index (χ3n) is 5.21. The van der Waals surface area contributed by atoms with Crippen molar-refractivity contribution in [3.05, 3.63) is 54.1 Å². The summed E-state index contributed by atoms with van der Waals surface area (Å²) < 4.78 is 2.19. The van der Waals surface area contributed by atoms with Crippen LogP contribution in [0, 0.1) is 12.3 Å². The van der Waals surface area contributed by atoms with Gasteiger partial charge < -0.3 is 9.47 Å². The Bertz CT molecular complexity index is 1060. The zero-order chi connectivity index (χ0) is 19.0. The average molecular weight is 375 g/mol. The fourth-order valence-corrected chi connectivity index (χ4v) is 5.28. The van der Waals surface area contributed by atoms with Gasteiger partial charge in [0.15, 0.2) is 0 Å². The zero-order valence-corrected chi connectivity index (χ0v) is 16.4. The van der Waals surface area contributed by atoms with Crippen molar-refractivity contribution >= 4 is 28.6 Å². The highest BCUT2D eigenvalue weighted by Gasteiger charge is 2.36. The van der Waals surface area contributed by atoms with Gasteiger partial charge in [0.25, 0.3) is 0 Å². The van der Waals surface area contributed by atoms with E-state index in [9.17, 15) is 4.79 Å². The Labute approximate surface area is 164 Å². The van der Waals surface area contributed by atoms with Crippen LogP contribution in [0.3, 0.4) is 0 Å². The van der Waals surface area contributed by atoms with Gasteiger partial charge in [-0.2, -0.15) is 0 Å². The number of terminal acetylenes is 1. The minimum atomic E-state index is -0.251. The van der Waals surface area contributed by atoms with E-state index in [4.69, 9.17) is 6.42 Å². The number of thioether (sulfide) groups is 1. The Morgan fingerprint density at radius 2 is 1.85 bits per heavy atom. The van der Waals surface area contributed by atoms with Crippen LogP contribution < -0.4 is 0 Å². The van der Waals surface area contributed by atoms with E-state index in [-0.39, 0.29) is 11.2 Å². The molecule has 27 heavy (non-hydrogen) atoms. The van der Waals surface area contributed by atoms with Crippen molar-refractivity contribution < 1.29 is 4.79 Å². The van der Waals surface area contributed by atoms with E-state index < -0.39 is 0 Å². The Morgan fingerprint density at radius 1 is 1.15 bits per heavy atom. The molecule has 3 nitrogen and oxygen atoms in total. The van der Waals surface area contributed by atoms with Gasteiger partial charge in [-0.15, -0.1) is 18.2 Å². The van der Waals surface area contributed by atoms with Crippen LogP contribution in [0.4, 0.5) is 0 Å². The molecule has 0 spiro atoms. The molecule has 1 aliphatic rings. The first kappa shape index (κ1) is 17.8. The smallest absolute Gasteiger partial charge is 0.240 e. The molecule has 136 valence electrons. The molecule has 4 heteroatoms. The Morgan fingerprint density at radius 3 is 2.59 bits per heavy atom. The average Bonchev–Trinajstić information content (AvgIpc) is 3.03. The van der Waals surface area contributed by atoms with Gasteiger partial charge in [-0.1, -0.05) is 42.3 Å². The van der Waals surface area contributed by atoms with Gasteiger partial charge in [0.05, 0.1) is 12.2 Å². The third-order valence-corrected chi connectivity index (χ3v) is 6.49. The van der Waals surface area contributed by atoms with Crippen LogP contribution >= 0.6 is 11.8 Å². The van der Waals surface area contributed by atoms with E-state index in [1.165, 1.54) is 0 Å². The second-order valence-corrected chi connectivity index (χ2v) is 7.72. The molecule has 0 bridgehead atoms. The number of benzene rings is 2. The lowest BCUT2D eigenvalue weighted by molar-refractivity contribution is -0.130. The summed E-state index contributed by atoms with van der Waals surface area (Å²) in [5, 5.41) is 0.869. The fraction of sp³-hybridized carbons (Fsp3) is 0.261. The topological polar surface area (TPSA) is 25.2 Å². The molecule has 1 amide bonds. The maximum atomic E-state index is 13.4. The molecule has 0 saturated heterocycles. The second kappa shape index (κ2) is 7.17. The highest BCUT2D eigenvalue weighted by Crippen LogP contribution is 2.53. The Kier molecular flexibility index (Phi) is 4.72. The van der Waals surface area contributed by atoms with Gasteiger partial charge in [0.2, 0.25) is 5.91 Å². The molecular formula is C23H22N2OS.